The Labute approximate surface area is 144 Å². The summed E-state index contributed by atoms with van der Waals surface area (Å²) in [4.78, 5) is 0. The molecule has 4 aliphatic rings. The van der Waals surface area contributed by atoms with Crippen molar-refractivity contribution < 1.29 is 14.0 Å². The van der Waals surface area contributed by atoms with Crippen LogP contribution in [0.2, 0.25) is 0 Å². The second kappa shape index (κ2) is 5.45. The fourth-order valence-corrected chi connectivity index (χ4v) is 4.96. The monoisotopic (exact) mass is 324 g/mol. The summed E-state index contributed by atoms with van der Waals surface area (Å²) in [5.41, 5.74) is 4.91. The van der Waals surface area contributed by atoms with Gasteiger partial charge in [0.1, 0.15) is 11.7 Å². The van der Waals surface area contributed by atoms with Crippen molar-refractivity contribution in [2.24, 2.45) is 0 Å². The van der Waals surface area contributed by atoms with E-state index in [4.69, 9.17) is 14.0 Å². The van der Waals surface area contributed by atoms with Crippen molar-refractivity contribution >= 4 is 12.6 Å². The second-order valence-electron chi connectivity index (χ2n) is 7.82. The van der Waals surface area contributed by atoms with E-state index in [-0.39, 0.29) is 31.0 Å². The lowest BCUT2D eigenvalue weighted by molar-refractivity contribution is -0.00987. The van der Waals surface area contributed by atoms with E-state index in [1.54, 1.807) is 0 Å². The van der Waals surface area contributed by atoms with Gasteiger partial charge in [-0.3, -0.25) is 0 Å². The summed E-state index contributed by atoms with van der Waals surface area (Å²) in [6, 6.07) is 4.56. The quantitative estimate of drug-likeness (QED) is 0.624. The van der Waals surface area contributed by atoms with E-state index >= 15 is 0 Å². The molecule has 24 heavy (non-hydrogen) atoms. The van der Waals surface area contributed by atoms with Gasteiger partial charge >= 0.3 is 7.12 Å². The molecule has 4 atom stereocenters. The summed E-state index contributed by atoms with van der Waals surface area (Å²) in [6.07, 6.45) is 12.1. The number of fused-ring (bicyclic) bond motifs is 6. The first-order chi connectivity index (χ1) is 11.7. The molecule has 1 saturated heterocycles. The van der Waals surface area contributed by atoms with Gasteiger partial charge in [0, 0.05) is 0 Å². The third-order valence-electron chi connectivity index (χ3n) is 6.12. The minimum Gasteiger partial charge on any atom is -0.402 e. The smallest absolute Gasteiger partial charge is 0.402 e. The highest BCUT2D eigenvalue weighted by Crippen LogP contribution is 2.52. The van der Waals surface area contributed by atoms with Crippen molar-refractivity contribution in [3.05, 3.63) is 41.0 Å². The van der Waals surface area contributed by atoms with Crippen LogP contribution in [0.3, 0.4) is 0 Å². The third kappa shape index (κ3) is 2.09. The molecule has 0 radical (unpaired) electrons. The lowest BCUT2D eigenvalue weighted by Crippen LogP contribution is -2.37. The second-order valence-corrected chi connectivity index (χ2v) is 7.82. The first-order valence-electron chi connectivity index (χ1n) is 9.53. The van der Waals surface area contributed by atoms with Crippen LogP contribution >= 0.6 is 0 Å². The van der Waals surface area contributed by atoms with Gasteiger partial charge in [0.05, 0.1) is 12.2 Å². The van der Waals surface area contributed by atoms with E-state index in [9.17, 15) is 0 Å². The van der Waals surface area contributed by atoms with Crippen LogP contribution < -0.4 is 5.46 Å². The topological polar surface area (TPSA) is 27.7 Å². The maximum Gasteiger partial charge on any atom is 0.494 e. The predicted octanol–water partition coefficient (Wildman–Crippen LogP) is 3.68. The molecule has 0 spiro atoms. The molecule has 1 saturated carbocycles. The van der Waals surface area contributed by atoms with Gasteiger partial charge in [0.25, 0.3) is 0 Å². The van der Waals surface area contributed by atoms with E-state index in [1.807, 2.05) is 0 Å². The zero-order valence-electron chi connectivity index (χ0n) is 14.6. The lowest BCUT2D eigenvalue weighted by Gasteiger charge is -2.25. The molecular weight excluding hydrogens is 299 g/mol. The Kier molecular flexibility index (Phi) is 3.45. The molecule has 1 aromatic carbocycles. The molecule has 0 aromatic heterocycles. The Balaban J connectivity index is 1.54. The Bertz CT molecular complexity index is 688. The summed E-state index contributed by atoms with van der Waals surface area (Å²) in [6.45, 7) is 4.41. The van der Waals surface area contributed by atoms with Crippen LogP contribution in [-0.4, -0.2) is 19.3 Å². The molecule has 4 heteroatoms. The van der Waals surface area contributed by atoms with Crippen LogP contribution in [0.1, 0.15) is 68.2 Å². The Hall–Kier alpha value is -1.10. The first kappa shape index (κ1) is 15.2. The normalized spacial score (nSPS) is 35.8. The largest absolute Gasteiger partial charge is 0.494 e. The SMILES string of the molecule is CCCCC12C=CC(O1)c1c(B3O[C@H]4CCC[C@H]4O3)cc(C)cc12. The molecule has 3 heterocycles. The average molecular weight is 324 g/mol. The summed E-state index contributed by atoms with van der Waals surface area (Å²) in [5, 5.41) is 0. The van der Waals surface area contributed by atoms with E-state index in [0.29, 0.717) is 0 Å². The number of hydrogen-bond acceptors (Lipinski definition) is 3. The van der Waals surface area contributed by atoms with Crippen molar-refractivity contribution in [3.63, 3.8) is 0 Å². The highest BCUT2D eigenvalue weighted by molar-refractivity contribution is 6.62. The highest BCUT2D eigenvalue weighted by atomic mass is 16.7. The van der Waals surface area contributed by atoms with E-state index < -0.39 is 0 Å². The molecule has 5 rings (SSSR count). The summed E-state index contributed by atoms with van der Waals surface area (Å²) in [5.74, 6) is 0. The Morgan fingerprint density at radius 3 is 2.75 bits per heavy atom. The van der Waals surface area contributed by atoms with Gasteiger partial charge in [-0.05, 0) is 55.3 Å². The third-order valence-corrected chi connectivity index (χ3v) is 6.12. The van der Waals surface area contributed by atoms with Gasteiger partial charge < -0.3 is 14.0 Å². The fourth-order valence-electron chi connectivity index (χ4n) is 4.96. The van der Waals surface area contributed by atoms with Crippen LogP contribution in [0.25, 0.3) is 0 Å². The van der Waals surface area contributed by atoms with Crippen molar-refractivity contribution in [1.29, 1.82) is 0 Å². The van der Waals surface area contributed by atoms with Crippen molar-refractivity contribution in [1.82, 2.24) is 0 Å². The summed E-state index contributed by atoms with van der Waals surface area (Å²) in [7, 11) is -0.214. The Morgan fingerprint density at radius 2 is 2.00 bits per heavy atom. The van der Waals surface area contributed by atoms with E-state index in [1.165, 1.54) is 41.4 Å². The fraction of sp³-hybridized carbons (Fsp3) is 0.600. The summed E-state index contributed by atoms with van der Waals surface area (Å²) < 4.78 is 19.0. The summed E-state index contributed by atoms with van der Waals surface area (Å²) >= 11 is 0. The van der Waals surface area contributed by atoms with Crippen LogP contribution in [0.4, 0.5) is 0 Å². The van der Waals surface area contributed by atoms with Gasteiger partial charge in [-0.2, -0.15) is 0 Å². The average Bonchev–Trinajstić information content (AvgIpc) is 3.30. The first-order valence-corrected chi connectivity index (χ1v) is 9.53. The van der Waals surface area contributed by atoms with Gasteiger partial charge in [-0.25, -0.2) is 0 Å². The van der Waals surface area contributed by atoms with E-state index in [2.05, 4.69) is 38.1 Å². The van der Waals surface area contributed by atoms with Crippen molar-refractivity contribution in [3.8, 4) is 0 Å². The molecule has 1 aromatic rings. The number of hydrogen-bond donors (Lipinski definition) is 0. The number of benzene rings is 1. The molecule has 2 unspecified atom stereocenters. The van der Waals surface area contributed by atoms with Gasteiger partial charge in [0.15, 0.2) is 0 Å². The van der Waals surface area contributed by atoms with Gasteiger partial charge in [0.2, 0.25) is 0 Å². The standard InChI is InChI=1S/C20H25BO3/c1-3-4-9-20-10-8-18(22-20)19-14(20)11-13(2)12-15(19)21-23-16-6-5-7-17(16)24-21/h8,10-12,16-18H,3-7,9H2,1-2H3/t16-,17+,18?,20?. The van der Waals surface area contributed by atoms with Crippen LogP contribution in [0.15, 0.2) is 24.3 Å². The minimum atomic E-state index is -0.217. The number of unbranched alkanes of at least 4 members (excludes halogenated alkanes) is 1. The van der Waals surface area contributed by atoms with Crippen LogP contribution in [-0.2, 0) is 19.6 Å². The van der Waals surface area contributed by atoms with Gasteiger partial charge in [-0.1, -0.05) is 43.5 Å². The number of aryl methyl sites for hydroxylation is 1. The van der Waals surface area contributed by atoms with Crippen LogP contribution in [0, 0.1) is 6.92 Å². The number of rotatable bonds is 4. The minimum absolute atomic E-state index is 0.0695. The lowest BCUT2D eigenvalue weighted by atomic mass is 9.70. The molecule has 0 amide bonds. The zero-order valence-corrected chi connectivity index (χ0v) is 14.6. The van der Waals surface area contributed by atoms with Crippen molar-refractivity contribution in [2.75, 3.05) is 0 Å². The maximum absolute atomic E-state index is 6.46. The highest BCUT2D eigenvalue weighted by Gasteiger charge is 2.51. The zero-order chi connectivity index (χ0) is 16.3. The molecule has 126 valence electrons. The Morgan fingerprint density at radius 1 is 1.21 bits per heavy atom. The van der Waals surface area contributed by atoms with Crippen molar-refractivity contribution in [2.45, 2.75) is 76.3 Å². The molecular formula is C20H25BO3. The van der Waals surface area contributed by atoms with E-state index in [0.717, 1.165) is 19.3 Å². The molecule has 3 nitrogen and oxygen atoms in total. The molecule has 1 aliphatic carbocycles. The van der Waals surface area contributed by atoms with Gasteiger partial charge in [-0.15, -0.1) is 0 Å². The molecule has 2 bridgehead atoms. The number of ether oxygens (including phenoxy) is 1. The molecule has 3 aliphatic heterocycles. The van der Waals surface area contributed by atoms with Crippen LogP contribution in [0.5, 0.6) is 0 Å². The molecule has 2 fully saturated rings. The molecule has 0 N–H and O–H groups in total. The maximum atomic E-state index is 6.46. The predicted molar refractivity (Wildman–Crippen MR) is 94.3 cm³/mol.